The van der Waals surface area contributed by atoms with Crippen LogP contribution in [-0.4, -0.2) is 24.3 Å². The third-order valence-electron chi connectivity index (χ3n) is 3.12. The van der Waals surface area contributed by atoms with Gasteiger partial charge in [0.1, 0.15) is 0 Å². The van der Waals surface area contributed by atoms with Gasteiger partial charge in [-0.05, 0) is 32.2 Å². The van der Waals surface area contributed by atoms with Crippen LogP contribution in [0.25, 0.3) is 0 Å². The van der Waals surface area contributed by atoms with Crippen LogP contribution in [0.5, 0.6) is 0 Å². The predicted molar refractivity (Wildman–Crippen MR) is 60.4 cm³/mol. The van der Waals surface area contributed by atoms with E-state index in [2.05, 4.69) is 5.32 Å². The molecular weight excluding hydrogens is 174 g/mol. The Labute approximate surface area is 88.1 Å². The van der Waals surface area contributed by atoms with Crippen LogP contribution in [0.4, 0.5) is 0 Å². The minimum absolute atomic E-state index is 0.357. The summed E-state index contributed by atoms with van der Waals surface area (Å²) in [7, 11) is 0. The molecule has 0 heterocycles. The van der Waals surface area contributed by atoms with Gasteiger partial charge in [-0.2, -0.15) is 0 Å². The van der Waals surface area contributed by atoms with Crippen LogP contribution >= 0.6 is 0 Å². The van der Waals surface area contributed by atoms with Crippen molar-refractivity contribution in [3.8, 4) is 0 Å². The van der Waals surface area contributed by atoms with Crippen LogP contribution in [0.15, 0.2) is 0 Å². The average Bonchev–Trinajstić information content (AvgIpc) is 2.25. The second kappa shape index (κ2) is 8.25. The summed E-state index contributed by atoms with van der Waals surface area (Å²) in [6.07, 6.45) is 11.7. The molecule has 1 aliphatic carbocycles. The zero-order valence-corrected chi connectivity index (χ0v) is 9.30. The van der Waals surface area contributed by atoms with Gasteiger partial charge >= 0.3 is 0 Å². The van der Waals surface area contributed by atoms with E-state index in [1.807, 2.05) is 0 Å². The van der Waals surface area contributed by atoms with Gasteiger partial charge in [-0.1, -0.05) is 32.1 Å². The van der Waals surface area contributed by atoms with Crippen LogP contribution in [0, 0.1) is 0 Å². The quantitative estimate of drug-likeness (QED) is 0.617. The smallest absolute Gasteiger partial charge is 0.0431 e. The lowest BCUT2D eigenvalue weighted by atomic mass is 9.95. The molecule has 0 bridgehead atoms. The maximum Gasteiger partial charge on any atom is 0.0431 e. The number of hydrogen-bond acceptors (Lipinski definition) is 2. The van der Waals surface area contributed by atoms with Crippen molar-refractivity contribution in [1.29, 1.82) is 0 Å². The summed E-state index contributed by atoms with van der Waals surface area (Å²) < 4.78 is 0. The molecule has 1 fully saturated rings. The zero-order valence-electron chi connectivity index (χ0n) is 9.30. The maximum absolute atomic E-state index is 8.61. The van der Waals surface area contributed by atoms with Gasteiger partial charge in [-0.3, -0.25) is 0 Å². The summed E-state index contributed by atoms with van der Waals surface area (Å²) in [6.45, 7) is 1.53. The normalized spacial score (nSPS) is 18.6. The SMILES string of the molecule is OCCCCCCNC1CCCCC1. The molecule has 1 saturated carbocycles. The van der Waals surface area contributed by atoms with E-state index in [1.165, 1.54) is 57.9 Å². The molecule has 2 nitrogen and oxygen atoms in total. The lowest BCUT2D eigenvalue weighted by molar-refractivity contribution is 0.282. The fourth-order valence-electron chi connectivity index (χ4n) is 2.20. The highest BCUT2D eigenvalue weighted by Crippen LogP contribution is 2.17. The minimum Gasteiger partial charge on any atom is -0.396 e. The van der Waals surface area contributed by atoms with Crippen molar-refractivity contribution in [2.45, 2.75) is 63.8 Å². The fraction of sp³-hybridized carbons (Fsp3) is 1.00. The first-order valence-corrected chi connectivity index (χ1v) is 6.27. The van der Waals surface area contributed by atoms with Crippen molar-refractivity contribution in [2.24, 2.45) is 0 Å². The third kappa shape index (κ3) is 5.61. The highest BCUT2D eigenvalue weighted by atomic mass is 16.2. The van der Waals surface area contributed by atoms with E-state index in [0.29, 0.717) is 6.61 Å². The van der Waals surface area contributed by atoms with E-state index in [1.54, 1.807) is 0 Å². The number of nitrogens with one attached hydrogen (secondary N) is 1. The van der Waals surface area contributed by atoms with E-state index in [4.69, 9.17) is 5.11 Å². The molecule has 2 N–H and O–H groups in total. The predicted octanol–water partition coefficient (Wildman–Crippen LogP) is 2.46. The molecule has 0 aromatic rings. The highest BCUT2D eigenvalue weighted by Gasteiger charge is 2.11. The Kier molecular flexibility index (Phi) is 7.06. The van der Waals surface area contributed by atoms with Gasteiger partial charge in [-0.15, -0.1) is 0 Å². The van der Waals surface area contributed by atoms with E-state index in [9.17, 15) is 0 Å². The maximum atomic E-state index is 8.61. The standard InChI is InChI=1S/C12H25NO/c14-11-7-2-1-6-10-13-12-8-4-3-5-9-12/h12-14H,1-11H2. The zero-order chi connectivity index (χ0) is 10.1. The summed E-state index contributed by atoms with van der Waals surface area (Å²) >= 11 is 0. The molecule has 0 amide bonds. The van der Waals surface area contributed by atoms with Crippen molar-refractivity contribution in [1.82, 2.24) is 5.32 Å². The Morgan fingerprint density at radius 3 is 2.36 bits per heavy atom. The van der Waals surface area contributed by atoms with Crippen molar-refractivity contribution in [3.63, 3.8) is 0 Å². The molecule has 1 aliphatic rings. The molecule has 2 heteroatoms. The Morgan fingerprint density at radius 1 is 0.929 bits per heavy atom. The van der Waals surface area contributed by atoms with Gasteiger partial charge in [0, 0.05) is 12.6 Å². The number of hydrogen-bond donors (Lipinski definition) is 2. The fourth-order valence-corrected chi connectivity index (χ4v) is 2.20. The Balaban J connectivity index is 1.82. The van der Waals surface area contributed by atoms with Gasteiger partial charge in [0.15, 0.2) is 0 Å². The van der Waals surface area contributed by atoms with Crippen LogP contribution in [0.3, 0.4) is 0 Å². The van der Waals surface area contributed by atoms with Gasteiger partial charge in [0.25, 0.3) is 0 Å². The molecule has 1 rings (SSSR count). The Hall–Kier alpha value is -0.0800. The number of aliphatic hydroxyl groups excluding tert-OH is 1. The summed E-state index contributed by atoms with van der Waals surface area (Å²) in [6, 6.07) is 0.807. The Morgan fingerprint density at radius 2 is 1.64 bits per heavy atom. The molecule has 0 aromatic carbocycles. The molecule has 0 radical (unpaired) electrons. The molecule has 0 unspecified atom stereocenters. The van der Waals surface area contributed by atoms with E-state index in [0.717, 1.165) is 12.5 Å². The second-order valence-electron chi connectivity index (χ2n) is 4.43. The van der Waals surface area contributed by atoms with E-state index < -0.39 is 0 Å². The highest BCUT2D eigenvalue weighted by molar-refractivity contribution is 4.71. The van der Waals surface area contributed by atoms with Crippen LogP contribution < -0.4 is 5.32 Å². The Bertz CT molecular complexity index is 121. The molecule has 0 saturated heterocycles. The van der Waals surface area contributed by atoms with Gasteiger partial charge in [0.2, 0.25) is 0 Å². The number of rotatable bonds is 7. The van der Waals surface area contributed by atoms with E-state index >= 15 is 0 Å². The third-order valence-corrected chi connectivity index (χ3v) is 3.12. The lowest BCUT2D eigenvalue weighted by Crippen LogP contribution is -2.31. The number of aliphatic hydroxyl groups is 1. The minimum atomic E-state index is 0.357. The average molecular weight is 199 g/mol. The van der Waals surface area contributed by atoms with Gasteiger partial charge in [-0.25, -0.2) is 0 Å². The first kappa shape index (κ1) is 12.0. The molecule has 84 valence electrons. The molecular formula is C12H25NO. The largest absolute Gasteiger partial charge is 0.396 e. The van der Waals surface area contributed by atoms with Crippen LogP contribution in [-0.2, 0) is 0 Å². The summed E-state index contributed by atoms with van der Waals surface area (Å²) in [5, 5.41) is 12.2. The first-order valence-electron chi connectivity index (χ1n) is 6.27. The molecule has 0 spiro atoms. The van der Waals surface area contributed by atoms with Crippen molar-refractivity contribution >= 4 is 0 Å². The van der Waals surface area contributed by atoms with E-state index in [-0.39, 0.29) is 0 Å². The summed E-state index contributed by atoms with van der Waals surface area (Å²) in [4.78, 5) is 0. The number of unbranched alkanes of at least 4 members (excludes halogenated alkanes) is 3. The van der Waals surface area contributed by atoms with Crippen LogP contribution in [0.1, 0.15) is 57.8 Å². The topological polar surface area (TPSA) is 32.3 Å². The summed E-state index contributed by atoms with van der Waals surface area (Å²) in [5.74, 6) is 0. The van der Waals surface area contributed by atoms with Crippen molar-refractivity contribution in [3.05, 3.63) is 0 Å². The monoisotopic (exact) mass is 199 g/mol. The molecule has 0 aromatic heterocycles. The van der Waals surface area contributed by atoms with Crippen molar-refractivity contribution in [2.75, 3.05) is 13.2 Å². The van der Waals surface area contributed by atoms with Crippen LogP contribution in [0.2, 0.25) is 0 Å². The molecule has 14 heavy (non-hydrogen) atoms. The summed E-state index contributed by atoms with van der Waals surface area (Å²) in [5.41, 5.74) is 0. The van der Waals surface area contributed by atoms with Gasteiger partial charge < -0.3 is 10.4 Å². The second-order valence-corrected chi connectivity index (χ2v) is 4.43. The molecule has 0 atom stereocenters. The lowest BCUT2D eigenvalue weighted by Gasteiger charge is -2.22. The van der Waals surface area contributed by atoms with Gasteiger partial charge in [0.05, 0.1) is 0 Å². The molecule has 0 aliphatic heterocycles. The first-order chi connectivity index (χ1) is 6.93. The van der Waals surface area contributed by atoms with Crippen molar-refractivity contribution < 1.29 is 5.11 Å².